The zero-order valence-electron chi connectivity index (χ0n) is 15.3. The van der Waals surface area contributed by atoms with Crippen molar-refractivity contribution in [2.45, 2.75) is 17.7 Å². The summed E-state index contributed by atoms with van der Waals surface area (Å²) in [6.07, 6.45) is 2.40. The summed E-state index contributed by atoms with van der Waals surface area (Å²) < 4.78 is 26.8. The predicted octanol–water partition coefficient (Wildman–Crippen LogP) is 3.06. The number of carbonyl (C=O) groups is 1. The maximum atomic E-state index is 12.5. The van der Waals surface area contributed by atoms with Gasteiger partial charge < -0.3 is 10.2 Å². The molecule has 0 aliphatic carbocycles. The normalized spacial score (nSPS) is 14.5. The van der Waals surface area contributed by atoms with Crippen LogP contribution in [0.25, 0.3) is 10.2 Å². The van der Waals surface area contributed by atoms with Crippen LogP contribution in [0.5, 0.6) is 0 Å². The fourth-order valence-electron chi connectivity index (χ4n) is 3.14. The Hall–Kier alpha value is -2.49. The number of hydrogen-bond donors (Lipinski definition) is 2. The van der Waals surface area contributed by atoms with Gasteiger partial charge in [0.15, 0.2) is 5.13 Å². The van der Waals surface area contributed by atoms with E-state index in [0.717, 1.165) is 28.4 Å². The van der Waals surface area contributed by atoms with E-state index in [2.05, 4.69) is 19.9 Å². The van der Waals surface area contributed by atoms with Crippen LogP contribution >= 0.6 is 11.3 Å². The minimum Gasteiger partial charge on any atom is -0.348 e. The first-order chi connectivity index (χ1) is 13.5. The van der Waals surface area contributed by atoms with Crippen molar-refractivity contribution in [1.82, 2.24) is 9.71 Å². The summed E-state index contributed by atoms with van der Waals surface area (Å²) in [6, 6.07) is 11.5. The number of fused-ring (bicyclic) bond motifs is 1. The highest BCUT2D eigenvalue weighted by Gasteiger charge is 2.17. The fourth-order valence-corrected chi connectivity index (χ4v) is 4.93. The van der Waals surface area contributed by atoms with Crippen molar-refractivity contribution in [3.8, 4) is 0 Å². The van der Waals surface area contributed by atoms with E-state index in [1.54, 1.807) is 11.3 Å². The first kappa shape index (κ1) is 18.9. The Kier molecular flexibility index (Phi) is 5.05. The van der Waals surface area contributed by atoms with Crippen LogP contribution in [0, 0.1) is 0 Å². The number of amides is 1. The molecule has 1 fully saturated rings. The highest BCUT2D eigenvalue weighted by molar-refractivity contribution is 7.89. The number of rotatable bonds is 5. The Labute approximate surface area is 167 Å². The Morgan fingerprint density at radius 1 is 1.11 bits per heavy atom. The van der Waals surface area contributed by atoms with Crippen molar-refractivity contribution in [2.24, 2.45) is 0 Å². The molecule has 1 aliphatic heterocycles. The summed E-state index contributed by atoms with van der Waals surface area (Å²) >= 11 is 1.63. The number of thiazole rings is 1. The molecule has 2 heterocycles. The SMILES string of the molecule is CNS(=O)(=O)c1ccc(C(=O)Nc2ccc3nc(N4CCCC4)sc3c2)cc1. The first-order valence-electron chi connectivity index (χ1n) is 8.97. The van der Waals surface area contributed by atoms with Crippen LogP contribution in [0.1, 0.15) is 23.2 Å². The molecular weight excluding hydrogens is 396 g/mol. The molecule has 7 nitrogen and oxygen atoms in total. The third-order valence-electron chi connectivity index (χ3n) is 4.71. The quantitative estimate of drug-likeness (QED) is 0.667. The smallest absolute Gasteiger partial charge is 0.255 e. The van der Waals surface area contributed by atoms with Gasteiger partial charge in [0, 0.05) is 24.3 Å². The molecule has 146 valence electrons. The molecule has 4 rings (SSSR count). The molecule has 1 aromatic heterocycles. The summed E-state index contributed by atoms with van der Waals surface area (Å²) in [6.45, 7) is 2.09. The molecule has 0 bridgehead atoms. The highest BCUT2D eigenvalue weighted by Crippen LogP contribution is 2.32. The van der Waals surface area contributed by atoms with Gasteiger partial charge in [-0.15, -0.1) is 0 Å². The molecular formula is C19H20N4O3S2. The molecule has 1 saturated heterocycles. The first-order valence-corrected chi connectivity index (χ1v) is 11.3. The van der Waals surface area contributed by atoms with Gasteiger partial charge in [-0.25, -0.2) is 18.1 Å². The van der Waals surface area contributed by atoms with Crippen molar-refractivity contribution in [3.05, 3.63) is 48.0 Å². The molecule has 0 radical (unpaired) electrons. The Morgan fingerprint density at radius 2 is 1.82 bits per heavy atom. The molecule has 3 aromatic rings. The molecule has 9 heteroatoms. The van der Waals surface area contributed by atoms with Crippen molar-refractivity contribution < 1.29 is 13.2 Å². The number of anilines is 2. The zero-order chi connectivity index (χ0) is 19.7. The van der Waals surface area contributed by atoms with Gasteiger partial charge in [0.1, 0.15) is 0 Å². The minimum absolute atomic E-state index is 0.118. The molecule has 28 heavy (non-hydrogen) atoms. The van der Waals surface area contributed by atoms with Gasteiger partial charge in [0.05, 0.1) is 15.1 Å². The largest absolute Gasteiger partial charge is 0.348 e. The summed E-state index contributed by atoms with van der Waals surface area (Å²) in [5.74, 6) is -0.294. The van der Waals surface area contributed by atoms with E-state index in [4.69, 9.17) is 0 Å². The van der Waals surface area contributed by atoms with Crippen LogP contribution in [0.4, 0.5) is 10.8 Å². The minimum atomic E-state index is -3.52. The molecule has 2 aromatic carbocycles. The van der Waals surface area contributed by atoms with Gasteiger partial charge >= 0.3 is 0 Å². The van der Waals surface area contributed by atoms with E-state index >= 15 is 0 Å². The number of nitrogens with one attached hydrogen (secondary N) is 2. The highest BCUT2D eigenvalue weighted by atomic mass is 32.2. The Balaban J connectivity index is 1.51. The number of aromatic nitrogens is 1. The number of sulfonamides is 1. The van der Waals surface area contributed by atoms with E-state index in [0.29, 0.717) is 11.3 Å². The average molecular weight is 417 g/mol. The average Bonchev–Trinajstić information content (AvgIpc) is 3.37. The second-order valence-corrected chi connectivity index (χ2v) is 9.45. The van der Waals surface area contributed by atoms with Gasteiger partial charge in [-0.2, -0.15) is 0 Å². The standard InChI is InChI=1S/C19H20N4O3S2/c1-20-28(25,26)15-7-4-13(5-8-15)18(24)21-14-6-9-16-17(12-14)27-19(22-16)23-10-2-3-11-23/h4-9,12,20H,2-3,10-11H2,1H3,(H,21,24). The van der Waals surface area contributed by atoms with Crippen LogP contribution in [0.2, 0.25) is 0 Å². The van der Waals surface area contributed by atoms with Crippen molar-refractivity contribution in [1.29, 1.82) is 0 Å². The lowest BCUT2D eigenvalue weighted by molar-refractivity contribution is 0.102. The van der Waals surface area contributed by atoms with E-state index in [9.17, 15) is 13.2 Å². The number of carbonyl (C=O) groups excluding carboxylic acids is 1. The molecule has 0 atom stereocenters. The molecule has 0 saturated carbocycles. The number of hydrogen-bond acceptors (Lipinski definition) is 6. The van der Waals surface area contributed by atoms with Crippen molar-refractivity contribution in [2.75, 3.05) is 30.4 Å². The van der Waals surface area contributed by atoms with E-state index in [1.165, 1.54) is 44.2 Å². The molecule has 1 aliphatic rings. The van der Waals surface area contributed by atoms with Crippen LogP contribution < -0.4 is 14.9 Å². The van der Waals surface area contributed by atoms with Crippen LogP contribution in [-0.4, -0.2) is 39.4 Å². The lowest BCUT2D eigenvalue weighted by Crippen LogP contribution is -2.19. The van der Waals surface area contributed by atoms with Crippen LogP contribution in [0.3, 0.4) is 0 Å². The van der Waals surface area contributed by atoms with E-state index in [1.807, 2.05) is 18.2 Å². The third kappa shape index (κ3) is 3.73. The second-order valence-electron chi connectivity index (χ2n) is 6.56. The number of nitrogens with zero attached hydrogens (tertiary/aromatic N) is 2. The van der Waals surface area contributed by atoms with Crippen molar-refractivity contribution in [3.63, 3.8) is 0 Å². The monoisotopic (exact) mass is 416 g/mol. The summed E-state index contributed by atoms with van der Waals surface area (Å²) in [5.41, 5.74) is 1.99. The summed E-state index contributed by atoms with van der Waals surface area (Å²) in [4.78, 5) is 19.6. The Morgan fingerprint density at radius 3 is 2.50 bits per heavy atom. The summed E-state index contributed by atoms with van der Waals surface area (Å²) in [7, 11) is -2.17. The van der Waals surface area contributed by atoms with Gasteiger partial charge in [0.25, 0.3) is 5.91 Å². The second kappa shape index (κ2) is 7.50. The van der Waals surface area contributed by atoms with Crippen LogP contribution in [0.15, 0.2) is 47.4 Å². The van der Waals surface area contributed by atoms with E-state index in [-0.39, 0.29) is 10.8 Å². The van der Waals surface area contributed by atoms with Gasteiger partial charge in [-0.05, 0) is 62.4 Å². The van der Waals surface area contributed by atoms with E-state index < -0.39 is 10.0 Å². The van der Waals surface area contributed by atoms with Crippen LogP contribution in [-0.2, 0) is 10.0 Å². The maximum absolute atomic E-state index is 12.5. The van der Waals surface area contributed by atoms with Gasteiger partial charge in [0.2, 0.25) is 10.0 Å². The van der Waals surface area contributed by atoms with Crippen molar-refractivity contribution >= 4 is 48.3 Å². The molecule has 0 spiro atoms. The maximum Gasteiger partial charge on any atom is 0.255 e. The topological polar surface area (TPSA) is 91.4 Å². The lowest BCUT2D eigenvalue weighted by atomic mass is 10.2. The number of benzene rings is 2. The van der Waals surface area contributed by atoms with Gasteiger partial charge in [-0.3, -0.25) is 4.79 Å². The Bertz CT molecular complexity index is 1120. The lowest BCUT2D eigenvalue weighted by Gasteiger charge is -2.11. The molecule has 2 N–H and O–H groups in total. The molecule has 1 amide bonds. The molecule has 0 unspecified atom stereocenters. The summed E-state index contributed by atoms with van der Waals surface area (Å²) in [5, 5.41) is 3.89. The van der Waals surface area contributed by atoms with Gasteiger partial charge in [-0.1, -0.05) is 11.3 Å². The fraction of sp³-hybridized carbons (Fsp3) is 0.263. The zero-order valence-corrected chi connectivity index (χ0v) is 16.9. The third-order valence-corrected chi connectivity index (χ3v) is 7.22. The predicted molar refractivity (Wildman–Crippen MR) is 112 cm³/mol.